The second-order valence-corrected chi connectivity index (χ2v) is 8.27. The highest BCUT2D eigenvalue weighted by molar-refractivity contribution is 4.66. The van der Waals surface area contributed by atoms with Gasteiger partial charge in [0.1, 0.15) is 0 Å². The van der Waals surface area contributed by atoms with E-state index in [1.807, 2.05) is 0 Å². The third kappa shape index (κ3) is 20.1. The predicted octanol–water partition coefficient (Wildman–Crippen LogP) is 7.09. The van der Waals surface area contributed by atoms with Gasteiger partial charge in [-0.3, -0.25) is 0 Å². The van der Waals surface area contributed by atoms with Crippen LogP contribution in [0.15, 0.2) is 0 Å². The Morgan fingerprint density at radius 1 is 0.400 bits per heavy atom. The van der Waals surface area contributed by atoms with Gasteiger partial charge in [0, 0.05) is 12.1 Å². The molecule has 0 aliphatic rings. The van der Waals surface area contributed by atoms with Gasteiger partial charge < -0.3 is 11.5 Å². The van der Waals surface area contributed by atoms with Crippen molar-refractivity contribution in [3.05, 3.63) is 0 Å². The Kier molecular flexibility index (Phi) is 20.2. The van der Waals surface area contributed by atoms with Gasteiger partial charge in [-0.15, -0.1) is 0 Å². The van der Waals surface area contributed by atoms with Gasteiger partial charge in [-0.25, -0.2) is 0 Å². The highest BCUT2D eigenvalue weighted by Gasteiger charge is 2.06. The standard InChI is InChI=1S/C23H50N2/c1-3-5-7-9-11-13-15-18-22(24)20-17-21-23(25)19-16-14-12-10-8-6-4-2/h22-23H,3-21,24-25H2,1-2H3. The second-order valence-electron chi connectivity index (χ2n) is 8.27. The van der Waals surface area contributed by atoms with Gasteiger partial charge in [0.2, 0.25) is 0 Å². The van der Waals surface area contributed by atoms with E-state index in [4.69, 9.17) is 11.5 Å². The van der Waals surface area contributed by atoms with Gasteiger partial charge >= 0.3 is 0 Å². The van der Waals surface area contributed by atoms with Crippen molar-refractivity contribution in [2.24, 2.45) is 11.5 Å². The summed E-state index contributed by atoms with van der Waals surface area (Å²) in [5, 5.41) is 0. The molecule has 2 heteroatoms. The van der Waals surface area contributed by atoms with Crippen LogP contribution in [0.3, 0.4) is 0 Å². The molecule has 25 heavy (non-hydrogen) atoms. The van der Waals surface area contributed by atoms with E-state index in [0.29, 0.717) is 12.1 Å². The van der Waals surface area contributed by atoms with Gasteiger partial charge in [-0.1, -0.05) is 110 Å². The fourth-order valence-electron chi connectivity index (χ4n) is 3.66. The van der Waals surface area contributed by atoms with Gasteiger partial charge in [0.25, 0.3) is 0 Å². The third-order valence-corrected chi connectivity index (χ3v) is 5.51. The second kappa shape index (κ2) is 20.2. The summed E-state index contributed by atoms with van der Waals surface area (Å²) in [6.07, 6.45) is 25.3. The summed E-state index contributed by atoms with van der Waals surface area (Å²) in [4.78, 5) is 0. The largest absolute Gasteiger partial charge is 0.328 e. The fraction of sp³-hybridized carbons (Fsp3) is 1.00. The van der Waals surface area contributed by atoms with Crippen molar-refractivity contribution >= 4 is 0 Å². The Balaban J connectivity index is 3.29. The number of hydrogen-bond acceptors (Lipinski definition) is 2. The molecule has 0 saturated heterocycles. The van der Waals surface area contributed by atoms with Crippen LogP contribution in [0, 0.1) is 0 Å². The number of unbranched alkanes of at least 4 members (excludes halogenated alkanes) is 12. The van der Waals surface area contributed by atoms with E-state index in [-0.39, 0.29) is 0 Å². The average molecular weight is 355 g/mol. The molecule has 152 valence electrons. The van der Waals surface area contributed by atoms with Gasteiger partial charge in [0.15, 0.2) is 0 Å². The highest BCUT2D eigenvalue weighted by atomic mass is 14.6. The van der Waals surface area contributed by atoms with Crippen molar-refractivity contribution < 1.29 is 0 Å². The molecule has 0 aromatic rings. The van der Waals surface area contributed by atoms with Crippen LogP contribution in [-0.4, -0.2) is 12.1 Å². The maximum atomic E-state index is 6.26. The number of hydrogen-bond donors (Lipinski definition) is 2. The maximum Gasteiger partial charge on any atom is 0.00388 e. The normalized spacial score (nSPS) is 13.9. The molecule has 0 fully saturated rings. The summed E-state index contributed by atoms with van der Waals surface area (Å²) < 4.78 is 0. The lowest BCUT2D eigenvalue weighted by Gasteiger charge is -2.14. The molecular weight excluding hydrogens is 304 g/mol. The zero-order chi connectivity index (χ0) is 18.6. The van der Waals surface area contributed by atoms with Crippen molar-refractivity contribution in [1.29, 1.82) is 0 Å². The molecule has 0 rings (SSSR count). The van der Waals surface area contributed by atoms with E-state index in [2.05, 4.69) is 13.8 Å². The van der Waals surface area contributed by atoms with Crippen LogP contribution in [0.2, 0.25) is 0 Å². The molecule has 0 amide bonds. The Morgan fingerprint density at radius 2 is 0.680 bits per heavy atom. The van der Waals surface area contributed by atoms with Gasteiger partial charge in [-0.2, -0.15) is 0 Å². The first-order chi connectivity index (χ1) is 12.2. The molecule has 0 aromatic carbocycles. The van der Waals surface area contributed by atoms with Gasteiger partial charge in [0.05, 0.1) is 0 Å². The smallest absolute Gasteiger partial charge is 0.00388 e. The zero-order valence-electron chi connectivity index (χ0n) is 17.7. The molecule has 2 atom stereocenters. The van der Waals surface area contributed by atoms with Crippen molar-refractivity contribution in [1.82, 2.24) is 0 Å². The quantitative estimate of drug-likeness (QED) is 0.229. The Bertz CT molecular complexity index is 218. The molecular formula is C23H50N2. The molecule has 0 aromatic heterocycles. The van der Waals surface area contributed by atoms with E-state index in [1.54, 1.807) is 0 Å². The molecule has 0 bridgehead atoms. The Labute approximate surface area is 159 Å². The van der Waals surface area contributed by atoms with E-state index in [9.17, 15) is 0 Å². The van der Waals surface area contributed by atoms with Crippen LogP contribution in [0.1, 0.15) is 136 Å². The molecule has 0 radical (unpaired) electrons. The summed E-state index contributed by atoms with van der Waals surface area (Å²) in [6.45, 7) is 4.55. The molecule has 4 N–H and O–H groups in total. The molecule has 2 unspecified atom stereocenters. The van der Waals surface area contributed by atoms with Crippen LogP contribution in [0.25, 0.3) is 0 Å². The van der Waals surface area contributed by atoms with Crippen LogP contribution >= 0.6 is 0 Å². The number of rotatable bonds is 20. The first-order valence-corrected chi connectivity index (χ1v) is 11.7. The van der Waals surface area contributed by atoms with Crippen LogP contribution in [0.4, 0.5) is 0 Å². The highest BCUT2D eigenvalue weighted by Crippen LogP contribution is 2.14. The minimum absolute atomic E-state index is 0.404. The average Bonchev–Trinajstić information content (AvgIpc) is 2.60. The minimum atomic E-state index is 0.404. The van der Waals surface area contributed by atoms with Crippen molar-refractivity contribution in [3.63, 3.8) is 0 Å². The molecule has 0 saturated carbocycles. The first-order valence-electron chi connectivity index (χ1n) is 11.7. The van der Waals surface area contributed by atoms with Gasteiger partial charge in [-0.05, 0) is 25.7 Å². The molecule has 0 aliphatic carbocycles. The van der Waals surface area contributed by atoms with E-state index < -0.39 is 0 Å². The van der Waals surface area contributed by atoms with Crippen molar-refractivity contribution in [2.75, 3.05) is 0 Å². The summed E-state index contributed by atoms with van der Waals surface area (Å²) >= 11 is 0. The third-order valence-electron chi connectivity index (χ3n) is 5.51. The minimum Gasteiger partial charge on any atom is -0.328 e. The van der Waals surface area contributed by atoms with E-state index >= 15 is 0 Å². The summed E-state index contributed by atoms with van der Waals surface area (Å²) in [5.41, 5.74) is 12.5. The maximum absolute atomic E-state index is 6.26. The van der Waals surface area contributed by atoms with Crippen molar-refractivity contribution in [3.8, 4) is 0 Å². The Morgan fingerprint density at radius 3 is 1.04 bits per heavy atom. The lowest BCUT2D eigenvalue weighted by molar-refractivity contribution is 0.454. The molecule has 0 spiro atoms. The SMILES string of the molecule is CCCCCCCCCC(N)CCCC(N)CCCCCCCCC. The summed E-state index contributed by atoms with van der Waals surface area (Å²) in [5.74, 6) is 0. The lowest BCUT2D eigenvalue weighted by Crippen LogP contribution is -2.23. The summed E-state index contributed by atoms with van der Waals surface area (Å²) in [6, 6.07) is 0.808. The fourth-order valence-corrected chi connectivity index (χ4v) is 3.66. The molecule has 2 nitrogen and oxygen atoms in total. The van der Waals surface area contributed by atoms with E-state index in [1.165, 1.54) is 122 Å². The Hall–Kier alpha value is -0.0800. The monoisotopic (exact) mass is 354 g/mol. The zero-order valence-corrected chi connectivity index (χ0v) is 17.7. The predicted molar refractivity (Wildman–Crippen MR) is 115 cm³/mol. The van der Waals surface area contributed by atoms with Crippen LogP contribution in [0.5, 0.6) is 0 Å². The van der Waals surface area contributed by atoms with E-state index in [0.717, 1.165) is 0 Å². The molecule has 0 aliphatic heterocycles. The number of nitrogens with two attached hydrogens (primary N) is 2. The van der Waals surface area contributed by atoms with Crippen molar-refractivity contribution in [2.45, 2.75) is 148 Å². The first kappa shape index (κ1) is 24.9. The van der Waals surface area contributed by atoms with Crippen LogP contribution < -0.4 is 11.5 Å². The lowest BCUT2D eigenvalue weighted by atomic mass is 9.98. The van der Waals surface area contributed by atoms with Crippen LogP contribution in [-0.2, 0) is 0 Å². The summed E-state index contributed by atoms with van der Waals surface area (Å²) in [7, 11) is 0. The molecule has 0 heterocycles. The topological polar surface area (TPSA) is 52.0 Å².